The molecule has 118 valence electrons. The highest BCUT2D eigenvalue weighted by Crippen LogP contribution is 2.17. The summed E-state index contributed by atoms with van der Waals surface area (Å²) in [6, 6.07) is 0. The maximum atomic E-state index is 12.0. The lowest BCUT2D eigenvalue weighted by atomic mass is 9.96. The molecule has 0 aliphatic carbocycles. The fraction of sp³-hybridized carbons (Fsp3) is 0.933. The number of rotatable bonds is 8. The average Bonchev–Trinajstić information content (AvgIpc) is 2.50. The third-order valence-electron chi connectivity index (χ3n) is 4.12. The zero-order valence-corrected chi connectivity index (χ0v) is 13.4. The number of likely N-dealkylation sites (tertiary alicyclic amines) is 1. The lowest BCUT2D eigenvalue weighted by molar-refractivity contribution is -0.148. The Morgan fingerprint density at radius 2 is 2.20 bits per heavy atom. The van der Waals surface area contributed by atoms with Crippen LogP contribution in [0.1, 0.15) is 39.5 Å². The Morgan fingerprint density at radius 3 is 2.80 bits per heavy atom. The third kappa shape index (κ3) is 5.04. The number of carbonyl (C=O) groups excluding carboxylic acids is 1. The molecule has 5 nitrogen and oxygen atoms in total. The van der Waals surface area contributed by atoms with Crippen molar-refractivity contribution in [3.05, 3.63) is 0 Å². The zero-order chi connectivity index (χ0) is 15.0. The smallest absolute Gasteiger partial charge is 0.325 e. The highest BCUT2D eigenvalue weighted by molar-refractivity contribution is 5.80. The van der Waals surface area contributed by atoms with Gasteiger partial charge in [-0.3, -0.25) is 4.79 Å². The Balaban J connectivity index is 2.50. The summed E-state index contributed by atoms with van der Waals surface area (Å²) in [4.78, 5) is 14.4. The first-order valence-corrected chi connectivity index (χ1v) is 7.64. The molecule has 0 radical (unpaired) electrons. The molecular weight excluding hydrogens is 256 g/mol. The number of carbonyl (C=O) groups is 1. The van der Waals surface area contributed by atoms with Crippen LogP contribution in [0.3, 0.4) is 0 Å². The molecule has 0 aromatic heterocycles. The van der Waals surface area contributed by atoms with Crippen molar-refractivity contribution in [3.8, 4) is 0 Å². The molecule has 0 aromatic carbocycles. The minimum absolute atomic E-state index is 0.175. The molecule has 1 aliphatic rings. The van der Waals surface area contributed by atoms with Crippen LogP contribution in [-0.2, 0) is 14.3 Å². The molecule has 1 aliphatic heterocycles. The predicted octanol–water partition coefficient (Wildman–Crippen LogP) is 1.42. The SMILES string of the molecule is CCCNC(C)(CCN1CCCC(OC)C1)C(=O)OC. The van der Waals surface area contributed by atoms with E-state index in [1.165, 1.54) is 7.11 Å². The number of hydrogen-bond acceptors (Lipinski definition) is 5. The van der Waals surface area contributed by atoms with Gasteiger partial charge in [0, 0.05) is 20.2 Å². The number of piperidine rings is 1. The van der Waals surface area contributed by atoms with Crippen LogP contribution in [0.15, 0.2) is 0 Å². The normalized spacial score (nSPS) is 23.3. The van der Waals surface area contributed by atoms with Crippen molar-refractivity contribution in [2.75, 3.05) is 40.4 Å². The van der Waals surface area contributed by atoms with Crippen LogP contribution in [0.5, 0.6) is 0 Å². The van der Waals surface area contributed by atoms with Crippen molar-refractivity contribution < 1.29 is 14.3 Å². The van der Waals surface area contributed by atoms with E-state index in [2.05, 4.69) is 17.1 Å². The van der Waals surface area contributed by atoms with Gasteiger partial charge in [-0.15, -0.1) is 0 Å². The Kier molecular flexibility index (Phi) is 7.48. The van der Waals surface area contributed by atoms with Crippen LogP contribution >= 0.6 is 0 Å². The number of ether oxygens (including phenoxy) is 2. The van der Waals surface area contributed by atoms with Gasteiger partial charge in [-0.05, 0) is 45.7 Å². The number of methoxy groups -OCH3 is 2. The van der Waals surface area contributed by atoms with Crippen LogP contribution in [0, 0.1) is 0 Å². The van der Waals surface area contributed by atoms with E-state index in [4.69, 9.17) is 9.47 Å². The Morgan fingerprint density at radius 1 is 1.45 bits per heavy atom. The van der Waals surface area contributed by atoms with Gasteiger partial charge in [-0.2, -0.15) is 0 Å². The summed E-state index contributed by atoms with van der Waals surface area (Å²) in [5, 5.41) is 3.33. The van der Waals surface area contributed by atoms with Gasteiger partial charge in [0.2, 0.25) is 0 Å². The van der Waals surface area contributed by atoms with Gasteiger partial charge in [0.1, 0.15) is 5.54 Å². The largest absolute Gasteiger partial charge is 0.468 e. The summed E-state index contributed by atoms with van der Waals surface area (Å²) < 4.78 is 10.4. The van der Waals surface area contributed by atoms with E-state index in [1.807, 2.05) is 6.92 Å². The minimum atomic E-state index is -0.592. The maximum Gasteiger partial charge on any atom is 0.325 e. The second kappa shape index (κ2) is 8.60. The molecule has 0 aromatic rings. The van der Waals surface area contributed by atoms with Gasteiger partial charge in [-0.1, -0.05) is 6.92 Å². The van der Waals surface area contributed by atoms with E-state index in [0.29, 0.717) is 6.10 Å². The molecule has 1 fully saturated rings. The number of nitrogens with one attached hydrogen (secondary N) is 1. The summed E-state index contributed by atoms with van der Waals surface area (Å²) in [5.41, 5.74) is -0.592. The zero-order valence-electron chi connectivity index (χ0n) is 13.4. The van der Waals surface area contributed by atoms with Gasteiger partial charge < -0.3 is 19.7 Å². The first-order chi connectivity index (χ1) is 9.55. The second-order valence-electron chi connectivity index (χ2n) is 5.80. The molecule has 5 heteroatoms. The lowest BCUT2D eigenvalue weighted by Crippen LogP contribution is -2.53. The van der Waals surface area contributed by atoms with Crippen molar-refractivity contribution in [3.63, 3.8) is 0 Å². The topological polar surface area (TPSA) is 50.8 Å². The molecule has 0 spiro atoms. The molecule has 1 rings (SSSR count). The molecule has 1 saturated heterocycles. The van der Waals surface area contributed by atoms with E-state index >= 15 is 0 Å². The summed E-state index contributed by atoms with van der Waals surface area (Å²) >= 11 is 0. The number of nitrogens with zero attached hydrogens (tertiary/aromatic N) is 1. The fourth-order valence-electron chi connectivity index (χ4n) is 2.68. The van der Waals surface area contributed by atoms with Crippen LogP contribution in [0.4, 0.5) is 0 Å². The monoisotopic (exact) mass is 286 g/mol. The summed E-state index contributed by atoms with van der Waals surface area (Å²) in [6.45, 7) is 7.80. The molecule has 2 atom stereocenters. The molecule has 0 amide bonds. The highest BCUT2D eigenvalue weighted by atomic mass is 16.5. The summed E-state index contributed by atoms with van der Waals surface area (Å²) in [7, 11) is 3.23. The van der Waals surface area contributed by atoms with E-state index in [9.17, 15) is 4.79 Å². The first kappa shape index (κ1) is 17.4. The van der Waals surface area contributed by atoms with Gasteiger partial charge in [0.25, 0.3) is 0 Å². The molecule has 0 saturated carbocycles. The van der Waals surface area contributed by atoms with E-state index in [-0.39, 0.29) is 5.97 Å². The second-order valence-corrected chi connectivity index (χ2v) is 5.80. The van der Waals surface area contributed by atoms with Crippen molar-refractivity contribution in [2.45, 2.75) is 51.2 Å². The average molecular weight is 286 g/mol. The van der Waals surface area contributed by atoms with Crippen molar-refractivity contribution >= 4 is 5.97 Å². The molecule has 20 heavy (non-hydrogen) atoms. The first-order valence-electron chi connectivity index (χ1n) is 7.64. The number of hydrogen-bond donors (Lipinski definition) is 1. The fourth-order valence-corrected chi connectivity index (χ4v) is 2.68. The predicted molar refractivity (Wildman–Crippen MR) is 79.8 cm³/mol. The van der Waals surface area contributed by atoms with Gasteiger partial charge in [0.05, 0.1) is 13.2 Å². The molecule has 0 bridgehead atoms. The lowest BCUT2D eigenvalue weighted by Gasteiger charge is -2.35. The van der Waals surface area contributed by atoms with Crippen LogP contribution in [0.25, 0.3) is 0 Å². The highest BCUT2D eigenvalue weighted by Gasteiger charge is 2.34. The van der Waals surface area contributed by atoms with Gasteiger partial charge >= 0.3 is 5.97 Å². The molecular formula is C15H30N2O3. The van der Waals surface area contributed by atoms with Crippen molar-refractivity contribution in [1.29, 1.82) is 0 Å². The third-order valence-corrected chi connectivity index (χ3v) is 4.12. The minimum Gasteiger partial charge on any atom is -0.468 e. The van der Waals surface area contributed by atoms with Crippen LogP contribution in [-0.4, -0.2) is 62.9 Å². The maximum absolute atomic E-state index is 12.0. The Bertz CT molecular complexity index is 299. The molecule has 1 heterocycles. The van der Waals surface area contributed by atoms with Gasteiger partial charge in [0.15, 0.2) is 0 Å². The Labute approximate surface area is 123 Å². The standard InChI is InChI=1S/C15H30N2O3/c1-5-9-16-15(2,14(18)20-4)8-11-17-10-6-7-13(12-17)19-3/h13,16H,5-12H2,1-4H3. The van der Waals surface area contributed by atoms with Crippen molar-refractivity contribution in [2.24, 2.45) is 0 Å². The molecule has 2 unspecified atom stereocenters. The quantitative estimate of drug-likeness (QED) is 0.684. The van der Waals surface area contributed by atoms with Gasteiger partial charge in [-0.25, -0.2) is 0 Å². The molecule has 1 N–H and O–H groups in total. The summed E-state index contributed by atoms with van der Waals surface area (Å²) in [5.74, 6) is -0.175. The van der Waals surface area contributed by atoms with Crippen LogP contribution in [0.2, 0.25) is 0 Å². The van der Waals surface area contributed by atoms with E-state index in [0.717, 1.165) is 51.9 Å². The van der Waals surface area contributed by atoms with Crippen molar-refractivity contribution in [1.82, 2.24) is 10.2 Å². The van der Waals surface area contributed by atoms with E-state index < -0.39 is 5.54 Å². The summed E-state index contributed by atoms with van der Waals surface area (Å²) in [6.07, 6.45) is 4.39. The Hall–Kier alpha value is -0.650. The van der Waals surface area contributed by atoms with E-state index in [1.54, 1.807) is 7.11 Å². The van der Waals surface area contributed by atoms with Crippen LogP contribution < -0.4 is 5.32 Å². The number of esters is 1.